The van der Waals surface area contributed by atoms with Crippen molar-refractivity contribution in [2.24, 2.45) is 0 Å². The van der Waals surface area contributed by atoms with Crippen molar-refractivity contribution in [2.75, 3.05) is 26.0 Å². The Hall–Kier alpha value is -3.26. The lowest BCUT2D eigenvalue weighted by atomic mass is 10.1. The molecule has 3 aromatic rings. The molecular weight excluding hydrogens is 358 g/mol. The second-order valence-corrected chi connectivity index (χ2v) is 7.06. The number of likely N-dealkylation sites (N-methyl/N-ethyl adjacent to an activating group) is 1. The topological polar surface area (TPSA) is 88.7 Å². The predicted octanol–water partition coefficient (Wildman–Crippen LogP) is 1.54. The highest BCUT2D eigenvalue weighted by molar-refractivity contribution is 6.04. The van der Waals surface area contributed by atoms with E-state index >= 15 is 0 Å². The fourth-order valence-corrected chi connectivity index (χ4v) is 3.18. The van der Waals surface area contributed by atoms with E-state index in [1.807, 2.05) is 25.9 Å². The number of aromatic nitrogens is 3. The molecule has 0 aromatic carbocycles. The molecule has 1 N–H and O–H groups in total. The number of nitrogens with zero attached hydrogens (tertiary/aromatic N) is 4. The maximum Gasteiger partial charge on any atom is 0.281 e. The Balaban J connectivity index is 1.98. The SMILES string of the molecule is Cc1ccn(C(C)CN(C)C)c(=O)c1C(=O)Nc1cnc2ccccn2c1=O. The minimum Gasteiger partial charge on any atom is -0.316 e. The first-order valence-corrected chi connectivity index (χ1v) is 8.94. The summed E-state index contributed by atoms with van der Waals surface area (Å²) in [5, 5.41) is 2.55. The first-order chi connectivity index (χ1) is 13.3. The highest BCUT2D eigenvalue weighted by Crippen LogP contribution is 2.10. The maximum absolute atomic E-state index is 12.9. The van der Waals surface area contributed by atoms with Gasteiger partial charge in [0.25, 0.3) is 17.0 Å². The summed E-state index contributed by atoms with van der Waals surface area (Å²) >= 11 is 0. The second kappa shape index (κ2) is 7.77. The van der Waals surface area contributed by atoms with Crippen molar-refractivity contribution < 1.29 is 4.79 Å². The molecule has 0 saturated heterocycles. The van der Waals surface area contributed by atoms with Crippen LogP contribution >= 0.6 is 0 Å². The molecule has 3 rings (SSSR count). The molecular formula is C20H23N5O3. The molecule has 3 heterocycles. The fraction of sp³-hybridized carbons (Fsp3) is 0.300. The summed E-state index contributed by atoms with van der Waals surface area (Å²) in [7, 11) is 3.84. The van der Waals surface area contributed by atoms with Crippen LogP contribution in [0.25, 0.3) is 5.65 Å². The van der Waals surface area contributed by atoms with Gasteiger partial charge in [-0.2, -0.15) is 0 Å². The number of rotatable bonds is 5. The number of anilines is 1. The molecule has 1 amide bonds. The highest BCUT2D eigenvalue weighted by Gasteiger charge is 2.19. The number of carbonyl (C=O) groups is 1. The number of carbonyl (C=O) groups excluding carboxylic acids is 1. The fourth-order valence-electron chi connectivity index (χ4n) is 3.18. The Kier molecular flexibility index (Phi) is 5.41. The van der Waals surface area contributed by atoms with Crippen LogP contribution < -0.4 is 16.4 Å². The second-order valence-electron chi connectivity index (χ2n) is 7.06. The number of nitrogens with one attached hydrogen (secondary N) is 1. The standard InChI is InChI=1S/C20H23N5O3/c1-13-8-10-24(14(2)12-23(3)4)20(28)17(13)18(26)22-15-11-21-16-7-5-6-9-25(16)19(15)27/h5-11,14H,12H2,1-4H3,(H,22,26). The molecule has 146 valence electrons. The van der Waals surface area contributed by atoms with Gasteiger partial charge in [-0.05, 0) is 51.7 Å². The van der Waals surface area contributed by atoms with Crippen molar-refractivity contribution in [3.05, 3.63) is 74.7 Å². The zero-order valence-electron chi connectivity index (χ0n) is 16.3. The van der Waals surface area contributed by atoms with Crippen molar-refractivity contribution in [3.8, 4) is 0 Å². The molecule has 8 nitrogen and oxygen atoms in total. The predicted molar refractivity (Wildman–Crippen MR) is 108 cm³/mol. The lowest BCUT2D eigenvalue weighted by Gasteiger charge is -2.20. The van der Waals surface area contributed by atoms with Gasteiger partial charge in [-0.1, -0.05) is 6.07 Å². The summed E-state index contributed by atoms with van der Waals surface area (Å²) in [5.74, 6) is -0.622. The van der Waals surface area contributed by atoms with Crippen LogP contribution in [0.2, 0.25) is 0 Å². The number of hydrogen-bond acceptors (Lipinski definition) is 5. The van der Waals surface area contributed by atoms with Crippen LogP contribution in [0.4, 0.5) is 5.69 Å². The third kappa shape index (κ3) is 3.72. The largest absolute Gasteiger partial charge is 0.316 e. The van der Waals surface area contributed by atoms with Gasteiger partial charge in [0, 0.05) is 25.0 Å². The molecule has 3 aromatic heterocycles. The van der Waals surface area contributed by atoms with E-state index in [1.165, 1.54) is 15.2 Å². The van der Waals surface area contributed by atoms with Crippen LogP contribution in [0.15, 0.2) is 52.4 Å². The monoisotopic (exact) mass is 381 g/mol. The number of pyridine rings is 2. The molecule has 0 spiro atoms. The van der Waals surface area contributed by atoms with Gasteiger partial charge in [-0.3, -0.25) is 18.8 Å². The van der Waals surface area contributed by atoms with Gasteiger partial charge in [-0.15, -0.1) is 0 Å². The summed E-state index contributed by atoms with van der Waals surface area (Å²) in [4.78, 5) is 44.5. The molecule has 0 saturated carbocycles. The van der Waals surface area contributed by atoms with Gasteiger partial charge in [-0.25, -0.2) is 4.98 Å². The van der Waals surface area contributed by atoms with E-state index in [-0.39, 0.29) is 22.9 Å². The molecule has 0 fully saturated rings. The lowest BCUT2D eigenvalue weighted by Crippen LogP contribution is -2.35. The lowest BCUT2D eigenvalue weighted by molar-refractivity contribution is 0.102. The van der Waals surface area contributed by atoms with Gasteiger partial charge in [0.15, 0.2) is 0 Å². The zero-order valence-corrected chi connectivity index (χ0v) is 16.3. The van der Waals surface area contributed by atoms with Gasteiger partial charge < -0.3 is 14.8 Å². The quantitative estimate of drug-likeness (QED) is 0.724. The molecule has 1 atom stereocenters. The Labute approximate surface area is 162 Å². The molecule has 28 heavy (non-hydrogen) atoms. The van der Waals surface area contributed by atoms with E-state index < -0.39 is 11.5 Å². The molecule has 0 aliphatic carbocycles. The minimum atomic E-state index is -0.622. The first kappa shape index (κ1) is 19.5. The van der Waals surface area contributed by atoms with Crippen LogP contribution in [0.1, 0.15) is 28.9 Å². The minimum absolute atomic E-state index is 0.0178. The summed E-state index contributed by atoms with van der Waals surface area (Å²) in [6.45, 7) is 4.26. The normalized spacial score (nSPS) is 12.3. The molecule has 1 unspecified atom stereocenters. The van der Waals surface area contributed by atoms with Crippen LogP contribution in [0, 0.1) is 6.92 Å². The summed E-state index contributed by atoms with van der Waals surface area (Å²) in [6.07, 6.45) is 4.57. The third-order valence-electron chi connectivity index (χ3n) is 4.52. The van der Waals surface area contributed by atoms with Gasteiger partial charge in [0.2, 0.25) is 0 Å². The van der Waals surface area contributed by atoms with Crippen molar-refractivity contribution in [2.45, 2.75) is 19.9 Å². The van der Waals surface area contributed by atoms with Gasteiger partial charge >= 0.3 is 0 Å². The zero-order chi connectivity index (χ0) is 20.4. The van der Waals surface area contributed by atoms with Crippen LogP contribution in [-0.2, 0) is 0 Å². The smallest absolute Gasteiger partial charge is 0.281 e. The van der Waals surface area contributed by atoms with Gasteiger partial charge in [0.1, 0.15) is 16.9 Å². The Bertz CT molecular complexity index is 1150. The van der Waals surface area contributed by atoms with Crippen LogP contribution in [0.5, 0.6) is 0 Å². The Morgan fingerprint density at radius 1 is 1.18 bits per heavy atom. The van der Waals surface area contributed by atoms with Crippen molar-refractivity contribution >= 4 is 17.2 Å². The Morgan fingerprint density at radius 3 is 2.64 bits per heavy atom. The van der Waals surface area contributed by atoms with E-state index in [9.17, 15) is 14.4 Å². The van der Waals surface area contributed by atoms with E-state index in [0.29, 0.717) is 17.8 Å². The Morgan fingerprint density at radius 2 is 1.93 bits per heavy atom. The van der Waals surface area contributed by atoms with E-state index in [1.54, 1.807) is 43.6 Å². The number of aryl methyl sites for hydroxylation is 1. The summed E-state index contributed by atoms with van der Waals surface area (Å²) < 4.78 is 2.87. The highest BCUT2D eigenvalue weighted by atomic mass is 16.2. The summed E-state index contributed by atoms with van der Waals surface area (Å²) in [5.41, 5.74) is 0.260. The van der Waals surface area contributed by atoms with Crippen molar-refractivity contribution in [1.29, 1.82) is 0 Å². The number of fused-ring (bicyclic) bond motifs is 1. The molecule has 8 heteroatoms. The molecule has 0 radical (unpaired) electrons. The number of amides is 1. The van der Waals surface area contributed by atoms with E-state index in [0.717, 1.165) is 0 Å². The van der Waals surface area contributed by atoms with Gasteiger partial charge in [0.05, 0.1) is 6.20 Å². The van der Waals surface area contributed by atoms with Crippen LogP contribution in [-0.4, -0.2) is 45.4 Å². The summed E-state index contributed by atoms with van der Waals surface area (Å²) in [6, 6.07) is 6.79. The molecule has 0 aliphatic rings. The average Bonchev–Trinajstić information content (AvgIpc) is 2.63. The molecule has 0 aliphatic heterocycles. The van der Waals surface area contributed by atoms with Crippen LogP contribution in [0.3, 0.4) is 0 Å². The average molecular weight is 381 g/mol. The number of hydrogen-bond donors (Lipinski definition) is 1. The first-order valence-electron chi connectivity index (χ1n) is 8.94. The van der Waals surface area contributed by atoms with Crippen molar-refractivity contribution in [1.82, 2.24) is 18.9 Å². The van der Waals surface area contributed by atoms with E-state index in [2.05, 4.69) is 10.3 Å². The van der Waals surface area contributed by atoms with E-state index in [4.69, 9.17) is 0 Å². The molecule has 0 bridgehead atoms. The van der Waals surface area contributed by atoms with Crippen molar-refractivity contribution in [3.63, 3.8) is 0 Å². The maximum atomic E-state index is 12.9. The third-order valence-corrected chi connectivity index (χ3v) is 4.52.